The summed E-state index contributed by atoms with van der Waals surface area (Å²) >= 11 is 6.33. The van der Waals surface area contributed by atoms with Crippen LogP contribution >= 0.6 is 11.6 Å². The largest absolute Gasteiger partial charge is 0.323 e. The van der Waals surface area contributed by atoms with Gasteiger partial charge in [-0.15, -0.1) is 0 Å². The quantitative estimate of drug-likeness (QED) is 0.689. The van der Waals surface area contributed by atoms with E-state index < -0.39 is 0 Å². The topological polar surface area (TPSA) is 64.7 Å². The molecular weight excluding hydrogens is 362 g/mol. The van der Waals surface area contributed by atoms with Gasteiger partial charge in [0.15, 0.2) is 0 Å². The van der Waals surface area contributed by atoms with Gasteiger partial charge in [0, 0.05) is 19.7 Å². The fraction of sp³-hybridized carbons (Fsp3) is 0.350. The highest BCUT2D eigenvalue weighted by atomic mass is 35.5. The zero-order valence-electron chi connectivity index (χ0n) is 16.0. The summed E-state index contributed by atoms with van der Waals surface area (Å²) in [7, 11) is 1.88. The first-order valence-electron chi connectivity index (χ1n) is 8.98. The van der Waals surface area contributed by atoms with Crippen LogP contribution in [0.2, 0.25) is 5.02 Å². The third-order valence-electron chi connectivity index (χ3n) is 4.44. The summed E-state index contributed by atoms with van der Waals surface area (Å²) in [5.41, 5.74) is 4.49. The first-order valence-corrected chi connectivity index (χ1v) is 9.36. The Morgan fingerprint density at radius 3 is 2.67 bits per heavy atom. The Bertz CT molecular complexity index is 957. The molecule has 2 heterocycles. The van der Waals surface area contributed by atoms with Crippen LogP contribution in [0, 0.1) is 6.92 Å². The predicted molar refractivity (Wildman–Crippen MR) is 108 cm³/mol. The summed E-state index contributed by atoms with van der Waals surface area (Å²) in [6.45, 7) is 6.09. The highest BCUT2D eigenvalue weighted by Gasteiger charge is 2.19. The van der Waals surface area contributed by atoms with Crippen LogP contribution in [0.25, 0.3) is 5.69 Å². The van der Waals surface area contributed by atoms with E-state index in [1.54, 1.807) is 15.6 Å². The molecule has 0 aliphatic carbocycles. The molecule has 0 aliphatic heterocycles. The number of aryl methyl sites for hydroxylation is 3. The lowest BCUT2D eigenvalue weighted by Gasteiger charge is -2.14. The van der Waals surface area contributed by atoms with E-state index in [0.29, 0.717) is 17.9 Å². The van der Waals surface area contributed by atoms with Crippen molar-refractivity contribution >= 4 is 23.2 Å². The summed E-state index contributed by atoms with van der Waals surface area (Å²) in [6.07, 6.45) is 4.69. The molecule has 0 radical (unpaired) electrons. The van der Waals surface area contributed by atoms with Crippen LogP contribution in [0.1, 0.15) is 43.1 Å². The Kier molecular flexibility index (Phi) is 5.65. The zero-order valence-corrected chi connectivity index (χ0v) is 16.8. The van der Waals surface area contributed by atoms with Crippen LogP contribution in [-0.4, -0.2) is 25.5 Å². The molecule has 0 atom stereocenters. The Labute approximate surface area is 164 Å². The zero-order chi connectivity index (χ0) is 19.6. The van der Waals surface area contributed by atoms with E-state index in [2.05, 4.69) is 29.4 Å². The Morgan fingerprint density at radius 2 is 2.04 bits per heavy atom. The van der Waals surface area contributed by atoms with Crippen molar-refractivity contribution in [3.8, 4) is 5.69 Å². The molecule has 1 aromatic carbocycles. The standard InChI is InChI=1S/C20H24ClN5O/c1-13(2)20-17(11-22-26(20)18-8-6-5-7-16(18)21)23-19(27)10-9-15-12-25(4)24-14(15)3/h5-8,11-13H,9-10H2,1-4H3,(H,23,27). The number of carbonyl (C=O) groups is 1. The normalized spacial score (nSPS) is 11.2. The molecule has 142 valence electrons. The van der Waals surface area contributed by atoms with E-state index in [-0.39, 0.29) is 11.8 Å². The Hall–Kier alpha value is -2.60. The van der Waals surface area contributed by atoms with E-state index >= 15 is 0 Å². The molecule has 27 heavy (non-hydrogen) atoms. The van der Waals surface area contributed by atoms with Crippen molar-refractivity contribution in [1.29, 1.82) is 0 Å². The Balaban J connectivity index is 1.78. The van der Waals surface area contributed by atoms with Gasteiger partial charge in [-0.25, -0.2) is 4.68 Å². The molecule has 0 spiro atoms. The number of carbonyl (C=O) groups excluding carboxylic acids is 1. The van der Waals surface area contributed by atoms with Gasteiger partial charge in [-0.1, -0.05) is 37.6 Å². The van der Waals surface area contributed by atoms with Gasteiger partial charge in [-0.2, -0.15) is 10.2 Å². The molecule has 0 bridgehead atoms. The van der Waals surface area contributed by atoms with Crippen molar-refractivity contribution in [3.63, 3.8) is 0 Å². The third kappa shape index (κ3) is 4.22. The number of nitrogens with one attached hydrogen (secondary N) is 1. The monoisotopic (exact) mass is 385 g/mol. The van der Waals surface area contributed by atoms with E-state index in [1.165, 1.54) is 0 Å². The molecule has 2 aromatic heterocycles. The molecule has 0 unspecified atom stereocenters. The van der Waals surface area contributed by atoms with Crippen molar-refractivity contribution in [2.24, 2.45) is 7.05 Å². The minimum Gasteiger partial charge on any atom is -0.323 e. The predicted octanol–water partition coefficient (Wildman–Crippen LogP) is 4.26. The van der Waals surface area contributed by atoms with Crippen LogP contribution in [0.5, 0.6) is 0 Å². The van der Waals surface area contributed by atoms with Crippen molar-refractivity contribution < 1.29 is 4.79 Å². The fourth-order valence-corrected chi connectivity index (χ4v) is 3.40. The number of benzene rings is 1. The summed E-state index contributed by atoms with van der Waals surface area (Å²) in [5.74, 6) is 0.124. The number of para-hydroxylation sites is 1. The average molecular weight is 386 g/mol. The van der Waals surface area contributed by atoms with Crippen LogP contribution in [0.15, 0.2) is 36.7 Å². The second-order valence-electron chi connectivity index (χ2n) is 6.92. The summed E-state index contributed by atoms with van der Waals surface area (Å²) in [5, 5.41) is 12.4. The summed E-state index contributed by atoms with van der Waals surface area (Å²) in [4.78, 5) is 12.5. The van der Waals surface area contributed by atoms with Crippen LogP contribution < -0.4 is 5.32 Å². The van der Waals surface area contributed by atoms with Crippen molar-refractivity contribution in [3.05, 3.63) is 58.6 Å². The maximum Gasteiger partial charge on any atom is 0.224 e. The number of amides is 1. The first-order chi connectivity index (χ1) is 12.9. The summed E-state index contributed by atoms with van der Waals surface area (Å²) < 4.78 is 3.57. The number of hydrogen-bond donors (Lipinski definition) is 1. The van der Waals surface area contributed by atoms with Crippen molar-refractivity contribution in [2.45, 2.75) is 39.5 Å². The number of halogens is 1. The lowest BCUT2D eigenvalue weighted by Crippen LogP contribution is -2.14. The number of nitrogens with zero attached hydrogens (tertiary/aromatic N) is 4. The minimum absolute atomic E-state index is 0.0427. The van der Waals surface area contributed by atoms with E-state index in [1.807, 2.05) is 44.4 Å². The van der Waals surface area contributed by atoms with Gasteiger partial charge in [-0.05, 0) is 37.0 Å². The maximum absolute atomic E-state index is 12.5. The fourth-order valence-electron chi connectivity index (χ4n) is 3.18. The highest BCUT2D eigenvalue weighted by molar-refractivity contribution is 6.32. The SMILES string of the molecule is Cc1nn(C)cc1CCC(=O)Nc1cnn(-c2ccccc2Cl)c1C(C)C. The lowest BCUT2D eigenvalue weighted by atomic mass is 10.1. The molecule has 7 heteroatoms. The minimum atomic E-state index is -0.0427. The number of aromatic nitrogens is 4. The van der Waals surface area contributed by atoms with Crippen molar-refractivity contribution in [1.82, 2.24) is 19.6 Å². The third-order valence-corrected chi connectivity index (χ3v) is 4.76. The lowest BCUT2D eigenvalue weighted by molar-refractivity contribution is -0.116. The molecule has 0 saturated heterocycles. The van der Waals surface area contributed by atoms with Crippen molar-refractivity contribution in [2.75, 3.05) is 5.32 Å². The van der Waals surface area contributed by atoms with Gasteiger partial charge in [0.2, 0.25) is 5.91 Å². The average Bonchev–Trinajstić information content (AvgIpc) is 3.16. The molecule has 3 aromatic rings. The van der Waals surface area contributed by atoms with E-state index in [0.717, 1.165) is 28.3 Å². The molecule has 0 aliphatic rings. The smallest absolute Gasteiger partial charge is 0.224 e. The molecule has 1 amide bonds. The maximum atomic E-state index is 12.5. The summed E-state index contributed by atoms with van der Waals surface area (Å²) in [6, 6.07) is 7.55. The number of rotatable bonds is 6. The van der Waals surface area contributed by atoms with Crippen LogP contribution in [0.4, 0.5) is 5.69 Å². The van der Waals surface area contributed by atoms with Gasteiger partial charge in [0.1, 0.15) is 0 Å². The second-order valence-corrected chi connectivity index (χ2v) is 7.33. The molecule has 3 rings (SSSR count). The molecule has 0 saturated carbocycles. The van der Waals surface area contributed by atoms with Gasteiger partial charge in [-0.3, -0.25) is 9.48 Å². The number of anilines is 1. The number of hydrogen-bond acceptors (Lipinski definition) is 3. The molecule has 0 fully saturated rings. The Morgan fingerprint density at radius 1 is 1.30 bits per heavy atom. The van der Waals surface area contributed by atoms with Gasteiger partial charge in [0.05, 0.1) is 34.0 Å². The van der Waals surface area contributed by atoms with Crippen LogP contribution in [-0.2, 0) is 18.3 Å². The molecule has 6 nitrogen and oxygen atoms in total. The second kappa shape index (κ2) is 7.96. The van der Waals surface area contributed by atoms with Crippen LogP contribution in [0.3, 0.4) is 0 Å². The molecule has 1 N–H and O–H groups in total. The van der Waals surface area contributed by atoms with E-state index in [4.69, 9.17) is 11.6 Å². The molecular formula is C20H24ClN5O. The van der Waals surface area contributed by atoms with Gasteiger partial charge >= 0.3 is 0 Å². The van der Waals surface area contributed by atoms with Gasteiger partial charge < -0.3 is 5.32 Å². The van der Waals surface area contributed by atoms with E-state index in [9.17, 15) is 4.79 Å². The van der Waals surface area contributed by atoms with Gasteiger partial charge in [0.25, 0.3) is 0 Å². The highest BCUT2D eigenvalue weighted by Crippen LogP contribution is 2.29. The first kappa shape index (κ1) is 19.2.